The van der Waals surface area contributed by atoms with E-state index in [2.05, 4.69) is 14.8 Å². The maximum atomic E-state index is 12.7. The van der Waals surface area contributed by atoms with Crippen LogP contribution in [0.25, 0.3) is 0 Å². The Kier molecular flexibility index (Phi) is 7.33. The number of anilines is 3. The third-order valence-corrected chi connectivity index (χ3v) is 8.32. The number of amides is 1. The van der Waals surface area contributed by atoms with Crippen LogP contribution in [0.1, 0.15) is 21.5 Å². The van der Waals surface area contributed by atoms with E-state index in [1.807, 2.05) is 26.0 Å². The molecule has 190 valence electrons. The zero-order chi connectivity index (χ0) is 26.6. The SMILES string of the molecule is Cc1ccc(S(=O)(=O)Nc2ccc(C(=O)Nc3ccc(S(=O)(=O)Nc4ccccc4C)cc3)cc2)cc1. The van der Waals surface area contributed by atoms with Gasteiger partial charge < -0.3 is 5.32 Å². The van der Waals surface area contributed by atoms with Gasteiger partial charge in [-0.15, -0.1) is 0 Å². The average Bonchev–Trinajstić information content (AvgIpc) is 2.86. The Morgan fingerprint density at radius 1 is 0.595 bits per heavy atom. The molecule has 37 heavy (non-hydrogen) atoms. The van der Waals surface area contributed by atoms with Crippen molar-refractivity contribution >= 4 is 43.0 Å². The molecule has 0 atom stereocenters. The van der Waals surface area contributed by atoms with Gasteiger partial charge in [-0.05, 0) is 86.1 Å². The van der Waals surface area contributed by atoms with Gasteiger partial charge in [0.15, 0.2) is 0 Å². The molecule has 0 saturated heterocycles. The van der Waals surface area contributed by atoms with Crippen LogP contribution in [0.4, 0.5) is 17.1 Å². The number of hydrogen-bond acceptors (Lipinski definition) is 5. The van der Waals surface area contributed by atoms with Crippen molar-refractivity contribution in [2.75, 3.05) is 14.8 Å². The molecule has 0 radical (unpaired) electrons. The number of sulfonamides is 2. The van der Waals surface area contributed by atoms with Gasteiger partial charge in [0.2, 0.25) is 0 Å². The van der Waals surface area contributed by atoms with E-state index in [-0.39, 0.29) is 9.79 Å². The van der Waals surface area contributed by atoms with E-state index in [0.717, 1.165) is 11.1 Å². The molecule has 0 bridgehead atoms. The summed E-state index contributed by atoms with van der Waals surface area (Å²) in [6.45, 7) is 3.68. The highest BCUT2D eigenvalue weighted by atomic mass is 32.2. The molecule has 8 nitrogen and oxygen atoms in total. The summed E-state index contributed by atoms with van der Waals surface area (Å²) in [5.41, 5.74) is 3.26. The number of aryl methyl sites for hydroxylation is 2. The molecular weight excluding hydrogens is 510 g/mol. The molecule has 0 saturated carbocycles. The molecule has 4 rings (SSSR count). The molecule has 1 amide bonds. The number of hydrogen-bond donors (Lipinski definition) is 3. The van der Waals surface area contributed by atoms with E-state index in [9.17, 15) is 21.6 Å². The molecule has 0 unspecified atom stereocenters. The van der Waals surface area contributed by atoms with Crippen LogP contribution in [0.3, 0.4) is 0 Å². The van der Waals surface area contributed by atoms with Crippen molar-refractivity contribution in [3.63, 3.8) is 0 Å². The number of carbonyl (C=O) groups is 1. The summed E-state index contributed by atoms with van der Waals surface area (Å²) in [6.07, 6.45) is 0. The Labute approximate surface area is 216 Å². The molecule has 0 spiro atoms. The number of nitrogens with one attached hydrogen (secondary N) is 3. The Bertz CT molecular complexity index is 1630. The molecule has 0 aliphatic carbocycles. The van der Waals surface area contributed by atoms with Crippen molar-refractivity contribution in [1.82, 2.24) is 0 Å². The molecule has 0 fully saturated rings. The van der Waals surface area contributed by atoms with Crippen molar-refractivity contribution in [1.29, 1.82) is 0 Å². The van der Waals surface area contributed by atoms with E-state index in [1.54, 1.807) is 24.3 Å². The normalized spacial score (nSPS) is 11.5. The predicted molar refractivity (Wildman–Crippen MR) is 145 cm³/mol. The first-order valence-corrected chi connectivity index (χ1v) is 14.2. The van der Waals surface area contributed by atoms with Crippen LogP contribution in [-0.4, -0.2) is 22.7 Å². The molecule has 0 aromatic heterocycles. The minimum atomic E-state index is -3.79. The van der Waals surface area contributed by atoms with Crippen LogP contribution in [-0.2, 0) is 20.0 Å². The third-order valence-electron chi connectivity index (χ3n) is 5.54. The van der Waals surface area contributed by atoms with Crippen molar-refractivity contribution in [2.24, 2.45) is 0 Å². The lowest BCUT2D eigenvalue weighted by atomic mass is 10.2. The molecule has 0 aliphatic rings. The quantitative estimate of drug-likeness (QED) is 0.288. The maximum absolute atomic E-state index is 12.7. The molecule has 10 heteroatoms. The highest BCUT2D eigenvalue weighted by molar-refractivity contribution is 7.93. The summed E-state index contributed by atoms with van der Waals surface area (Å²) >= 11 is 0. The average molecular weight is 536 g/mol. The number of rotatable bonds is 8. The summed E-state index contributed by atoms with van der Waals surface area (Å²) in [7, 11) is -7.55. The van der Waals surface area contributed by atoms with Crippen molar-refractivity contribution < 1.29 is 21.6 Å². The van der Waals surface area contributed by atoms with Gasteiger partial charge in [0.1, 0.15) is 0 Å². The van der Waals surface area contributed by atoms with Gasteiger partial charge in [0, 0.05) is 16.9 Å². The van der Waals surface area contributed by atoms with Gasteiger partial charge in [-0.25, -0.2) is 16.8 Å². The van der Waals surface area contributed by atoms with E-state index in [1.165, 1.54) is 60.7 Å². The highest BCUT2D eigenvalue weighted by Crippen LogP contribution is 2.22. The molecule has 0 aliphatic heterocycles. The Hall–Kier alpha value is -4.15. The van der Waals surface area contributed by atoms with Gasteiger partial charge in [-0.3, -0.25) is 14.2 Å². The highest BCUT2D eigenvalue weighted by Gasteiger charge is 2.16. The van der Waals surface area contributed by atoms with Crippen LogP contribution in [0.15, 0.2) is 107 Å². The second kappa shape index (κ2) is 10.5. The van der Waals surface area contributed by atoms with Crippen molar-refractivity contribution in [2.45, 2.75) is 23.6 Å². The van der Waals surface area contributed by atoms with Crippen LogP contribution >= 0.6 is 0 Å². The summed E-state index contributed by atoms with van der Waals surface area (Å²) in [5, 5.41) is 2.70. The third kappa shape index (κ3) is 6.35. The van der Waals surface area contributed by atoms with Crippen LogP contribution in [0.2, 0.25) is 0 Å². The van der Waals surface area contributed by atoms with Crippen molar-refractivity contribution in [3.8, 4) is 0 Å². The fourth-order valence-electron chi connectivity index (χ4n) is 3.43. The fourth-order valence-corrected chi connectivity index (χ4v) is 5.62. The lowest BCUT2D eigenvalue weighted by Crippen LogP contribution is -2.15. The summed E-state index contributed by atoms with van der Waals surface area (Å²) in [6, 6.07) is 25.3. The largest absolute Gasteiger partial charge is 0.322 e. The minimum Gasteiger partial charge on any atom is -0.322 e. The van der Waals surface area contributed by atoms with Crippen LogP contribution in [0.5, 0.6) is 0 Å². The number of para-hydroxylation sites is 1. The summed E-state index contributed by atoms with van der Waals surface area (Å²) < 4.78 is 55.5. The van der Waals surface area contributed by atoms with Gasteiger partial charge in [0.25, 0.3) is 26.0 Å². The first kappa shape index (κ1) is 25.9. The number of carbonyl (C=O) groups excluding carboxylic acids is 1. The molecular formula is C27H25N3O5S2. The fraction of sp³-hybridized carbons (Fsp3) is 0.0741. The maximum Gasteiger partial charge on any atom is 0.261 e. The Morgan fingerprint density at radius 2 is 1.11 bits per heavy atom. The van der Waals surface area contributed by atoms with E-state index in [0.29, 0.717) is 22.6 Å². The van der Waals surface area contributed by atoms with Crippen LogP contribution < -0.4 is 14.8 Å². The Morgan fingerprint density at radius 3 is 1.70 bits per heavy atom. The second-order valence-electron chi connectivity index (χ2n) is 8.39. The molecule has 4 aromatic rings. The van der Waals surface area contributed by atoms with Gasteiger partial charge in [-0.1, -0.05) is 35.9 Å². The van der Waals surface area contributed by atoms with Crippen LogP contribution in [0, 0.1) is 13.8 Å². The van der Waals surface area contributed by atoms with E-state index < -0.39 is 26.0 Å². The van der Waals surface area contributed by atoms with E-state index >= 15 is 0 Å². The summed E-state index contributed by atoms with van der Waals surface area (Å²) in [4.78, 5) is 12.8. The number of benzene rings is 4. The molecule has 0 heterocycles. The smallest absolute Gasteiger partial charge is 0.261 e. The summed E-state index contributed by atoms with van der Waals surface area (Å²) in [5.74, 6) is -0.429. The first-order chi connectivity index (χ1) is 17.5. The minimum absolute atomic E-state index is 0.0546. The monoisotopic (exact) mass is 535 g/mol. The van der Waals surface area contributed by atoms with Crippen molar-refractivity contribution in [3.05, 3.63) is 114 Å². The lowest BCUT2D eigenvalue weighted by Gasteiger charge is -2.11. The van der Waals surface area contributed by atoms with E-state index in [4.69, 9.17) is 0 Å². The zero-order valence-electron chi connectivity index (χ0n) is 20.1. The van der Waals surface area contributed by atoms with Gasteiger partial charge in [0.05, 0.1) is 15.5 Å². The molecule has 4 aromatic carbocycles. The Balaban J connectivity index is 1.40. The standard InChI is InChI=1S/C27H25N3O5S2/c1-19-7-15-24(16-8-19)36(32,33)29-23-11-9-21(10-12-23)27(31)28-22-13-17-25(18-14-22)37(34,35)30-26-6-4-3-5-20(26)2/h3-18,29-30H,1-2H3,(H,28,31). The predicted octanol–water partition coefficient (Wildman–Crippen LogP) is 5.16. The topological polar surface area (TPSA) is 121 Å². The zero-order valence-corrected chi connectivity index (χ0v) is 21.7. The molecule has 3 N–H and O–H groups in total. The van der Waals surface area contributed by atoms with Gasteiger partial charge in [-0.2, -0.15) is 0 Å². The second-order valence-corrected chi connectivity index (χ2v) is 11.8. The van der Waals surface area contributed by atoms with Gasteiger partial charge >= 0.3 is 0 Å². The first-order valence-electron chi connectivity index (χ1n) is 11.2. The lowest BCUT2D eigenvalue weighted by molar-refractivity contribution is 0.102.